The zero-order valence-electron chi connectivity index (χ0n) is 18.7. The number of hydrogen-bond donors (Lipinski definition) is 1. The second-order valence-electron chi connectivity index (χ2n) is 7.17. The average molecular weight is 478 g/mol. The van der Waals surface area contributed by atoms with E-state index in [0.29, 0.717) is 40.1 Å². The lowest BCUT2D eigenvalue weighted by Gasteiger charge is -2.10. The summed E-state index contributed by atoms with van der Waals surface area (Å²) >= 11 is 1.31. The van der Waals surface area contributed by atoms with Crippen molar-refractivity contribution in [1.82, 2.24) is 14.9 Å². The Morgan fingerprint density at radius 1 is 1.03 bits per heavy atom. The van der Waals surface area contributed by atoms with Crippen LogP contribution in [0.5, 0.6) is 11.5 Å². The molecule has 34 heavy (non-hydrogen) atoms. The first kappa shape index (κ1) is 23.2. The average Bonchev–Trinajstić information content (AvgIpc) is 3.57. The monoisotopic (exact) mass is 477 g/mol. The molecule has 174 valence electrons. The van der Waals surface area contributed by atoms with Gasteiger partial charge in [-0.15, -0.1) is 0 Å². The number of furan rings is 1. The molecule has 0 aliphatic carbocycles. The summed E-state index contributed by atoms with van der Waals surface area (Å²) in [6.45, 7) is 0.306. The Balaban J connectivity index is 1.44. The van der Waals surface area contributed by atoms with Crippen LogP contribution < -0.4 is 14.8 Å². The maximum Gasteiger partial charge on any atom is 0.251 e. The molecule has 4 aromatic rings. The number of nitrogens with one attached hydrogen (secondary N) is 1. The van der Waals surface area contributed by atoms with Gasteiger partial charge in [-0.3, -0.25) is 14.2 Å². The van der Waals surface area contributed by atoms with Gasteiger partial charge in [-0.2, -0.15) is 0 Å². The summed E-state index contributed by atoms with van der Waals surface area (Å²) in [7, 11) is 3.08. The minimum Gasteiger partial charge on any atom is -0.493 e. The number of ether oxygens (including phenoxy) is 2. The summed E-state index contributed by atoms with van der Waals surface area (Å²) < 4.78 is 17.6. The van der Waals surface area contributed by atoms with Gasteiger partial charge in [-0.05, 0) is 48.5 Å². The van der Waals surface area contributed by atoms with E-state index in [-0.39, 0.29) is 17.4 Å². The third kappa shape index (κ3) is 5.32. The van der Waals surface area contributed by atoms with Crippen molar-refractivity contribution in [1.29, 1.82) is 0 Å². The lowest BCUT2D eigenvalue weighted by atomic mass is 10.1. The van der Waals surface area contributed by atoms with Crippen LogP contribution in [0.15, 0.2) is 82.8 Å². The summed E-state index contributed by atoms with van der Waals surface area (Å²) in [5, 5.41) is 3.48. The molecule has 0 spiro atoms. The number of hydrogen-bond acceptors (Lipinski definition) is 7. The number of Topliss-reactive ketones (excluding diaryl/α,β-unsaturated/α-hetero) is 1. The van der Waals surface area contributed by atoms with Gasteiger partial charge in [-0.25, -0.2) is 4.98 Å². The van der Waals surface area contributed by atoms with E-state index >= 15 is 0 Å². The number of methoxy groups -OCH3 is 2. The van der Waals surface area contributed by atoms with Crippen LogP contribution >= 0.6 is 11.8 Å². The molecular weight excluding hydrogens is 454 g/mol. The van der Waals surface area contributed by atoms with E-state index in [1.165, 1.54) is 18.9 Å². The molecule has 8 nitrogen and oxygen atoms in total. The number of benzene rings is 2. The van der Waals surface area contributed by atoms with E-state index in [2.05, 4.69) is 10.3 Å². The Bertz CT molecular complexity index is 1280. The maximum absolute atomic E-state index is 12.8. The molecule has 0 fully saturated rings. The van der Waals surface area contributed by atoms with E-state index in [9.17, 15) is 9.59 Å². The third-order valence-electron chi connectivity index (χ3n) is 5.03. The van der Waals surface area contributed by atoms with Gasteiger partial charge in [0.25, 0.3) is 5.91 Å². The first-order valence-electron chi connectivity index (χ1n) is 10.4. The summed E-state index contributed by atoms with van der Waals surface area (Å²) in [6, 6.07) is 15.9. The predicted octanol–water partition coefficient (Wildman–Crippen LogP) is 4.39. The van der Waals surface area contributed by atoms with Crippen molar-refractivity contribution >= 4 is 23.5 Å². The van der Waals surface area contributed by atoms with Crippen molar-refractivity contribution in [2.24, 2.45) is 0 Å². The molecule has 1 amide bonds. The van der Waals surface area contributed by atoms with Crippen molar-refractivity contribution in [3.05, 3.63) is 90.1 Å². The largest absolute Gasteiger partial charge is 0.493 e. The lowest BCUT2D eigenvalue weighted by Crippen LogP contribution is -2.22. The van der Waals surface area contributed by atoms with Gasteiger partial charge in [0, 0.05) is 29.2 Å². The first-order chi connectivity index (χ1) is 16.6. The van der Waals surface area contributed by atoms with Crippen molar-refractivity contribution in [2.75, 3.05) is 20.0 Å². The Kier molecular flexibility index (Phi) is 7.34. The minimum absolute atomic E-state index is 0.0634. The van der Waals surface area contributed by atoms with Crippen LogP contribution in [-0.2, 0) is 6.54 Å². The number of carbonyl (C=O) groups excluding carboxylic acids is 2. The first-order valence-corrected chi connectivity index (χ1v) is 11.4. The Labute approximate surface area is 200 Å². The highest BCUT2D eigenvalue weighted by atomic mass is 32.2. The van der Waals surface area contributed by atoms with E-state index < -0.39 is 0 Å². The molecule has 0 saturated heterocycles. The molecule has 2 aromatic heterocycles. The number of carbonyl (C=O) groups is 2. The minimum atomic E-state index is -0.212. The smallest absolute Gasteiger partial charge is 0.251 e. The highest BCUT2D eigenvalue weighted by Gasteiger charge is 2.15. The van der Waals surface area contributed by atoms with E-state index in [4.69, 9.17) is 13.9 Å². The second-order valence-corrected chi connectivity index (χ2v) is 8.12. The van der Waals surface area contributed by atoms with Crippen molar-refractivity contribution in [2.45, 2.75) is 11.7 Å². The Hall–Kier alpha value is -3.98. The Morgan fingerprint density at radius 2 is 1.88 bits per heavy atom. The summed E-state index contributed by atoms with van der Waals surface area (Å²) in [5.41, 5.74) is 1.80. The van der Waals surface area contributed by atoms with Crippen LogP contribution in [0.25, 0.3) is 5.69 Å². The van der Waals surface area contributed by atoms with Gasteiger partial charge >= 0.3 is 0 Å². The maximum atomic E-state index is 12.8. The molecule has 0 radical (unpaired) electrons. The quantitative estimate of drug-likeness (QED) is 0.267. The molecule has 2 aromatic carbocycles. The van der Waals surface area contributed by atoms with Gasteiger partial charge in [0.2, 0.25) is 0 Å². The number of rotatable bonds is 10. The molecule has 0 aliphatic rings. The zero-order chi connectivity index (χ0) is 23.9. The molecule has 2 heterocycles. The molecule has 0 aliphatic heterocycles. The van der Waals surface area contributed by atoms with Crippen molar-refractivity contribution in [3.8, 4) is 17.2 Å². The molecule has 0 bridgehead atoms. The second kappa shape index (κ2) is 10.8. The molecule has 9 heteroatoms. The molecular formula is C25H23N3O5S. The molecule has 0 unspecified atom stereocenters. The van der Waals surface area contributed by atoms with E-state index in [1.807, 2.05) is 10.6 Å². The van der Waals surface area contributed by atoms with Gasteiger partial charge in [-0.1, -0.05) is 17.8 Å². The standard InChI is InChI=1S/C25H23N3O5S/c1-31-22-9-8-17(14-23(22)32-2)21(29)16-34-25-26-10-11-28(25)19-6-3-5-18(13-19)24(30)27-15-20-7-4-12-33-20/h3-14H,15-16H2,1-2H3,(H,27,30). The summed E-state index contributed by atoms with van der Waals surface area (Å²) in [6.07, 6.45) is 5.02. The van der Waals surface area contributed by atoms with Crippen molar-refractivity contribution < 1.29 is 23.5 Å². The molecule has 1 N–H and O–H groups in total. The van der Waals surface area contributed by atoms with Gasteiger partial charge in [0.15, 0.2) is 22.4 Å². The predicted molar refractivity (Wildman–Crippen MR) is 128 cm³/mol. The van der Waals surface area contributed by atoms with Crippen LogP contribution in [0, 0.1) is 0 Å². The van der Waals surface area contributed by atoms with Crippen LogP contribution in [-0.4, -0.2) is 41.2 Å². The SMILES string of the molecule is COc1ccc(C(=O)CSc2nccn2-c2cccc(C(=O)NCc3ccco3)c2)cc1OC. The molecule has 4 rings (SSSR count). The van der Waals surface area contributed by atoms with Crippen LogP contribution in [0.2, 0.25) is 0 Å². The topological polar surface area (TPSA) is 95.6 Å². The molecule has 0 atom stereocenters. The number of amides is 1. The number of thioether (sulfide) groups is 1. The normalized spacial score (nSPS) is 10.6. The fraction of sp³-hybridized carbons (Fsp3) is 0.160. The third-order valence-corrected chi connectivity index (χ3v) is 6.00. The van der Waals surface area contributed by atoms with Gasteiger partial charge in [0.1, 0.15) is 5.76 Å². The highest BCUT2D eigenvalue weighted by molar-refractivity contribution is 7.99. The fourth-order valence-corrected chi connectivity index (χ4v) is 4.16. The highest BCUT2D eigenvalue weighted by Crippen LogP contribution is 2.29. The van der Waals surface area contributed by atoms with Gasteiger partial charge in [0.05, 0.1) is 32.8 Å². The number of nitrogens with zero attached hydrogens (tertiary/aromatic N) is 2. The van der Waals surface area contributed by atoms with Gasteiger partial charge < -0.3 is 19.2 Å². The van der Waals surface area contributed by atoms with Crippen LogP contribution in [0.4, 0.5) is 0 Å². The number of ketones is 1. The number of aromatic nitrogens is 2. The van der Waals surface area contributed by atoms with E-state index in [0.717, 1.165) is 5.69 Å². The zero-order valence-corrected chi connectivity index (χ0v) is 19.5. The fourth-order valence-electron chi connectivity index (χ4n) is 3.30. The van der Waals surface area contributed by atoms with E-state index in [1.54, 1.807) is 74.3 Å². The van der Waals surface area contributed by atoms with Crippen LogP contribution in [0.1, 0.15) is 26.5 Å². The number of imidazole rings is 1. The lowest BCUT2D eigenvalue weighted by molar-refractivity contribution is 0.0947. The summed E-state index contributed by atoms with van der Waals surface area (Å²) in [5.74, 6) is 1.66. The molecule has 0 saturated carbocycles. The summed E-state index contributed by atoms with van der Waals surface area (Å²) in [4.78, 5) is 29.7. The Morgan fingerprint density at radius 3 is 2.65 bits per heavy atom. The van der Waals surface area contributed by atoms with Crippen molar-refractivity contribution in [3.63, 3.8) is 0 Å². The van der Waals surface area contributed by atoms with Crippen LogP contribution in [0.3, 0.4) is 0 Å².